The Morgan fingerprint density at radius 3 is 2.81 bits per heavy atom. The number of nitrogens with zero attached hydrogens (tertiary/aromatic N) is 2. The first-order valence-corrected chi connectivity index (χ1v) is 9.96. The lowest BCUT2D eigenvalue weighted by molar-refractivity contribution is 0.0699. The van der Waals surface area contributed by atoms with E-state index in [0.29, 0.717) is 27.2 Å². The standard InChI is InChI=1S/C22H12N4O4S/c23-9-11-5-6-13-12(7-11)8-15(24-13)19-18(22(28)29)16(10-31-19)25-20(27)21-26-14-3-1-2-4-17(14)30-21/h1-8,10,24H,(H,25,27)(H,28,29). The second-order valence-electron chi connectivity index (χ2n) is 6.70. The molecule has 1 amide bonds. The fraction of sp³-hybridized carbons (Fsp3) is 0. The maximum atomic E-state index is 12.6. The number of carbonyl (C=O) groups is 2. The first-order valence-electron chi connectivity index (χ1n) is 9.08. The largest absolute Gasteiger partial charge is 0.478 e. The van der Waals surface area contributed by atoms with Crippen LogP contribution < -0.4 is 5.32 Å². The molecule has 0 saturated carbocycles. The first-order chi connectivity index (χ1) is 15.0. The third-order valence-corrected chi connectivity index (χ3v) is 5.75. The summed E-state index contributed by atoms with van der Waals surface area (Å²) in [5.41, 5.74) is 2.97. The number of hydrogen-bond acceptors (Lipinski definition) is 6. The monoisotopic (exact) mass is 428 g/mol. The number of nitrogens with one attached hydrogen (secondary N) is 2. The summed E-state index contributed by atoms with van der Waals surface area (Å²) in [6.45, 7) is 0. The smallest absolute Gasteiger partial charge is 0.339 e. The zero-order valence-electron chi connectivity index (χ0n) is 15.7. The Hall–Kier alpha value is -4.42. The highest BCUT2D eigenvalue weighted by atomic mass is 32.1. The Kier molecular flexibility index (Phi) is 4.27. The molecule has 0 spiro atoms. The van der Waals surface area contributed by atoms with Gasteiger partial charge in [-0.3, -0.25) is 4.79 Å². The minimum Gasteiger partial charge on any atom is -0.478 e. The molecule has 0 fully saturated rings. The number of para-hydroxylation sites is 2. The molecular weight excluding hydrogens is 416 g/mol. The Morgan fingerprint density at radius 2 is 2.03 bits per heavy atom. The number of anilines is 1. The predicted octanol–water partition coefficient (Wildman–Crippen LogP) is 4.86. The molecule has 0 bridgehead atoms. The molecule has 0 unspecified atom stereocenters. The van der Waals surface area contributed by atoms with Gasteiger partial charge in [0.25, 0.3) is 5.89 Å². The summed E-state index contributed by atoms with van der Waals surface area (Å²) in [7, 11) is 0. The Morgan fingerprint density at radius 1 is 1.19 bits per heavy atom. The molecule has 150 valence electrons. The quantitative estimate of drug-likeness (QED) is 0.374. The van der Waals surface area contributed by atoms with Crippen molar-refractivity contribution in [3.8, 4) is 16.6 Å². The third kappa shape index (κ3) is 3.21. The molecule has 8 nitrogen and oxygen atoms in total. The molecule has 0 aliphatic rings. The molecule has 5 aromatic rings. The number of fused-ring (bicyclic) bond motifs is 2. The fourth-order valence-electron chi connectivity index (χ4n) is 3.33. The normalized spacial score (nSPS) is 10.9. The lowest BCUT2D eigenvalue weighted by atomic mass is 10.1. The van der Waals surface area contributed by atoms with E-state index in [1.165, 1.54) is 11.3 Å². The van der Waals surface area contributed by atoms with Crippen molar-refractivity contribution in [3.05, 3.63) is 70.9 Å². The van der Waals surface area contributed by atoms with Crippen molar-refractivity contribution in [1.82, 2.24) is 9.97 Å². The van der Waals surface area contributed by atoms with Crippen LogP contribution in [-0.2, 0) is 0 Å². The molecule has 3 heterocycles. The summed E-state index contributed by atoms with van der Waals surface area (Å²) in [5.74, 6) is -1.97. The van der Waals surface area contributed by atoms with Gasteiger partial charge < -0.3 is 19.8 Å². The summed E-state index contributed by atoms with van der Waals surface area (Å²) in [6.07, 6.45) is 0. The topological polar surface area (TPSA) is 132 Å². The summed E-state index contributed by atoms with van der Waals surface area (Å²) in [5, 5.41) is 23.8. The molecule has 0 saturated heterocycles. The lowest BCUT2D eigenvalue weighted by Crippen LogP contribution is -2.14. The number of nitriles is 1. The van der Waals surface area contributed by atoms with E-state index in [-0.39, 0.29) is 17.1 Å². The Balaban J connectivity index is 1.52. The second kappa shape index (κ2) is 7.12. The highest BCUT2D eigenvalue weighted by Crippen LogP contribution is 2.37. The molecule has 0 aliphatic heterocycles. The van der Waals surface area contributed by atoms with Gasteiger partial charge in [-0.2, -0.15) is 5.26 Å². The highest BCUT2D eigenvalue weighted by molar-refractivity contribution is 7.14. The fourth-order valence-corrected chi connectivity index (χ4v) is 4.29. The molecule has 9 heteroatoms. The first kappa shape index (κ1) is 18.6. The Bertz CT molecular complexity index is 1500. The number of rotatable bonds is 4. The third-order valence-electron chi connectivity index (χ3n) is 4.74. The van der Waals surface area contributed by atoms with E-state index in [9.17, 15) is 14.7 Å². The van der Waals surface area contributed by atoms with Crippen LogP contribution in [0.3, 0.4) is 0 Å². The van der Waals surface area contributed by atoms with Crippen molar-refractivity contribution in [2.75, 3.05) is 5.32 Å². The lowest BCUT2D eigenvalue weighted by Gasteiger charge is -2.03. The number of thiophene rings is 1. The van der Waals surface area contributed by atoms with Gasteiger partial charge in [0.05, 0.1) is 27.9 Å². The number of aromatic carboxylic acids is 1. The van der Waals surface area contributed by atoms with Gasteiger partial charge in [0.15, 0.2) is 5.58 Å². The molecule has 3 aromatic heterocycles. The van der Waals surface area contributed by atoms with Crippen LogP contribution in [0.25, 0.3) is 32.6 Å². The van der Waals surface area contributed by atoms with Crippen molar-refractivity contribution in [1.29, 1.82) is 5.26 Å². The van der Waals surface area contributed by atoms with Crippen LogP contribution in [0.5, 0.6) is 0 Å². The van der Waals surface area contributed by atoms with Crippen LogP contribution in [0.15, 0.2) is 58.3 Å². The summed E-state index contributed by atoms with van der Waals surface area (Å²) in [6, 6.07) is 16.0. The van der Waals surface area contributed by atoms with Crippen LogP contribution >= 0.6 is 11.3 Å². The number of H-pyrrole nitrogens is 1. The number of benzene rings is 2. The van der Waals surface area contributed by atoms with Crippen LogP contribution in [0.4, 0.5) is 5.69 Å². The summed E-state index contributed by atoms with van der Waals surface area (Å²) in [4.78, 5) is 32.4. The minimum absolute atomic E-state index is 0.0403. The van der Waals surface area contributed by atoms with Crippen molar-refractivity contribution in [3.63, 3.8) is 0 Å². The van der Waals surface area contributed by atoms with E-state index in [4.69, 9.17) is 9.68 Å². The van der Waals surface area contributed by atoms with E-state index in [1.54, 1.807) is 53.9 Å². The minimum atomic E-state index is -1.18. The number of aromatic nitrogens is 2. The van der Waals surface area contributed by atoms with Crippen molar-refractivity contribution in [2.45, 2.75) is 0 Å². The van der Waals surface area contributed by atoms with Crippen LogP contribution in [-0.4, -0.2) is 27.0 Å². The summed E-state index contributed by atoms with van der Waals surface area (Å²) < 4.78 is 5.46. The van der Waals surface area contributed by atoms with Gasteiger partial charge in [-0.1, -0.05) is 12.1 Å². The van der Waals surface area contributed by atoms with E-state index in [2.05, 4.69) is 21.4 Å². The van der Waals surface area contributed by atoms with Gasteiger partial charge in [0.1, 0.15) is 11.1 Å². The van der Waals surface area contributed by atoms with Gasteiger partial charge in [-0.15, -0.1) is 11.3 Å². The molecule has 0 radical (unpaired) electrons. The number of hydrogen-bond donors (Lipinski definition) is 3. The van der Waals surface area contributed by atoms with Gasteiger partial charge in [0, 0.05) is 16.3 Å². The number of amides is 1. The molecule has 2 aromatic carbocycles. The molecule has 31 heavy (non-hydrogen) atoms. The van der Waals surface area contributed by atoms with Gasteiger partial charge in [-0.25, -0.2) is 9.78 Å². The second-order valence-corrected chi connectivity index (χ2v) is 7.58. The zero-order valence-corrected chi connectivity index (χ0v) is 16.5. The molecule has 5 rings (SSSR count). The SMILES string of the molecule is N#Cc1ccc2[nH]c(-c3scc(NC(=O)c4nc5ccccc5o4)c3C(=O)O)cc2c1. The van der Waals surface area contributed by atoms with Crippen molar-refractivity contribution >= 4 is 50.9 Å². The highest BCUT2D eigenvalue weighted by Gasteiger charge is 2.24. The number of carboxylic acid groups (broad SMARTS) is 1. The van der Waals surface area contributed by atoms with E-state index < -0.39 is 11.9 Å². The van der Waals surface area contributed by atoms with Crippen LogP contribution in [0, 0.1) is 11.3 Å². The van der Waals surface area contributed by atoms with E-state index in [1.807, 2.05) is 0 Å². The maximum Gasteiger partial charge on any atom is 0.339 e. The van der Waals surface area contributed by atoms with E-state index >= 15 is 0 Å². The van der Waals surface area contributed by atoms with Gasteiger partial charge in [-0.05, 0) is 36.4 Å². The average Bonchev–Trinajstić information content (AvgIpc) is 3.48. The zero-order chi connectivity index (χ0) is 21.5. The number of oxazole rings is 1. The van der Waals surface area contributed by atoms with Crippen molar-refractivity contribution < 1.29 is 19.1 Å². The van der Waals surface area contributed by atoms with Gasteiger partial charge in [0.2, 0.25) is 0 Å². The van der Waals surface area contributed by atoms with Gasteiger partial charge >= 0.3 is 11.9 Å². The van der Waals surface area contributed by atoms with Crippen molar-refractivity contribution in [2.24, 2.45) is 0 Å². The number of carboxylic acids is 1. The van der Waals surface area contributed by atoms with Crippen LogP contribution in [0.1, 0.15) is 26.6 Å². The molecular formula is C22H12N4O4S. The van der Waals surface area contributed by atoms with Crippen LogP contribution in [0.2, 0.25) is 0 Å². The maximum absolute atomic E-state index is 12.6. The molecule has 3 N–H and O–H groups in total. The Labute approximate surface area is 178 Å². The molecule has 0 atom stereocenters. The predicted molar refractivity (Wildman–Crippen MR) is 115 cm³/mol. The summed E-state index contributed by atoms with van der Waals surface area (Å²) >= 11 is 1.18. The average molecular weight is 428 g/mol. The number of carbonyl (C=O) groups excluding carboxylic acids is 1. The molecule has 0 aliphatic carbocycles. The van der Waals surface area contributed by atoms with E-state index in [0.717, 1.165) is 10.9 Å². The number of aromatic amines is 1.